The van der Waals surface area contributed by atoms with Crippen LogP contribution in [0.5, 0.6) is 0 Å². The molecule has 0 aliphatic carbocycles. The fourth-order valence-electron chi connectivity index (χ4n) is 3.56. The van der Waals surface area contributed by atoms with Crippen molar-refractivity contribution in [3.63, 3.8) is 0 Å². The number of likely N-dealkylation sites (tertiary alicyclic amines) is 1. The van der Waals surface area contributed by atoms with Crippen molar-refractivity contribution in [1.29, 1.82) is 0 Å². The summed E-state index contributed by atoms with van der Waals surface area (Å²) >= 11 is 1.75. The topological polar surface area (TPSA) is 34.6 Å². The molecule has 0 saturated carbocycles. The minimum atomic E-state index is 0.198. The van der Waals surface area contributed by atoms with Gasteiger partial charge in [0.2, 0.25) is 0 Å². The Bertz CT molecular complexity index is 412. The summed E-state index contributed by atoms with van der Waals surface area (Å²) in [6.45, 7) is 7.79. The van der Waals surface area contributed by atoms with E-state index in [9.17, 15) is 0 Å². The third kappa shape index (κ3) is 3.06. The van der Waals surface area contributed by atoms with E-state index in [0.717, 1.165) is 52.3 Å². The maximum absolute atomic E-state index is 6.05. The summed E-state index contributed by atoms with van der Waals surface area (Å²) in [5.74, 6) is 0. The number of ether oxygens (including phenoxy) is 2. The molecule has 5 heteroatoms. The fourth-order valence-corrected chi connectivity index (χ4v) is 4.21. The average molecular weight is 296 g/mol. The second kappa shape index (κ2) is 6.52. The maximum atomic E-state index is 6.05. The van der Waals surface area contributed by atoms with E-state index in [0.29, 0.717) is 6.10 Å². The molecule has 2 saturated heterocycles. The van der Waals surface area contributed by atoms with Gasteiger partial charge in [-0.05, 0) is 26.2 Å². The average Bonchev–Trinajstić information content (AvgIpc) is 2.98. The van der Waals surface area contributed by atoms with Gasteiger partial charge >= 0.3 is 0 Å². The quantitative estimate of drug-likeness (QED) is 0.836. The summed E-state index contributed by atoms with van der Waals surface area (Å²) in [4.78, 5) is 6.94. The van der Waals surface area contributed by atoms with Crippen LogP contribution in [0.2, 0.25) is 0 Å². The largest absolute Gasteiger partial charge is 0.381 e. The van der Waals surface area contributed by atoms with Crippen LogP contribution in [0.4, 0.5) is 0 Å². The molecule has 0 bridgehead atoms. The van der Waals surface area contributed by atoms with E-state index >= 15 is 0 Å². The predicted octanol–water partition coefficient (Wildman–Crippen LogP) is 2.55. The van der Waals surface area contributed by atoms with Gasteiger partial charge in [0.25, 0.3) is 0 Å². The summed E-state index contributed by atoms with van der Waals surface area (Å²) in [7, 11) is 0. The van der Waals surface area contributed by atoms with Crippen LogP contribution >= 0.6 is 11.3 Å². The zero-order valence-corrected chi connectivity index (χ0v) is 13.0. The number of piperidine rings is 1. The molecule has 4 nitrogen and oxygen atoms in total. The van der Waals surface area contributed by atoms with Gasteiger partial charge in [-0.1, -0.05) is 0 Å². The van der Waals surface area contributed by atoms with Crippen molar-refractivity contribution >= 4 is 11.3 Å². The van der Waals surface area contributed by atoms with Crippen LogP contribution in [-0.2, 0) is 16.0 Å². The fraction of sp³-hybridized carbons (Fsp3) is 0.800. The molecule has 0 spiro atoms. The molecule has 2 fully saturated rings. The highest BCUT2D eigenvalue weighted by Crippen LogP contribution is 2.40. The summed E-state index contributed by atoms with van der Waals surface area (Å²) in [6, 6.07) is 0. The van der Waals surface area contributed by atoms with Crippen molar-refractivity contribution in [1.82, 2.24) is 9.88 Å². The third-order valence-electron chi connectivity index (χ3n) is 4.50. The Morgan fingerprint density at radius 1 is 1.60 bits per heavy atom. The van der Waals surface area contributed by atoms with Crippen molar-refractivity contribution in [3.8, 4) is 0 Å². The standard InChI is InChI=1S/C15H24N2O2S/c1-2-18-12-15-5-3-8-19-13(15)4-7-17(11-15)10-14-16-6-9-20-14/h6,9,13H,2-5,7-8,10-12H2,1H3/t13-,15-/m0/s1. The van der Waals surface area contributed by atoms with Crippen molar-refractivity contribution < 1.29 is 9.47 Å². The third-order valence-corrected chi connectivity index (χ3v) is 5.27. The number of nitrogens with zero attached hydrogens (tertiary/aromatic N) is 2. The Balaban J connectivity index is 1.68. The van der Waals surface area contributed by atoms with Gasteiger partial charge in [0, 0.05) is 43.3 Å². The first-order valence-electron chi connectivity index (χ1n) is 7.62. The van der Waals surface area contributed by atoms with Gasteiger partial charge in [-0.15, -0.1) is 11.3 Å². The molecular formula is C15H24N2O2S. The lowest BCUT2D eigenvalue weighted by Crippen LogP contribution is -2.56. The molecule has 2 aliphatic rings. The molecule has 3 heterocycles. The first-order chi connectivity index (χ1) is 9.82. The van der Waals surface area contributed by atoms with E-state index in [4.69, 9.17) is 9.47 Å². The van der Waals surface area contributed by atoms with Gasteiger partial charge in [-0.2, -0.15) is 0 Å². The highest BCUT2D eigenvalue weighted by atomic mass is 32.1. The Hall–Kier alpha value is -0.490. The number of fused-ring (bicyclic) bond motifs is 1. The van der Waals surface area contributed by atoms with Crippen LogP contribution in [0.15, 0.2) is 11.6 Å². The lowest BCUT2D eigenvalue weighted by Gasteiger charge is -2.50. The van der Waals surface area contributed by atoms with Crippen LogP contribution < -0.4 is 0 Å². The normalized spacial score (nSPS) is 31.1. The molecule has 0 unspecified atom stereocenters. The number of aromatic nitrogens is 1. The van der Waals surface area contributed by atoms with E-state index in [1.54, 1.807) is 11.3 Å². The van der Waals surface area contributed by atoms with E-state index in [2.05, 4.69) is 22.2 Å². The molecule has 3 rings (SSSR count). The summed E-state index contributed by atoms with van der Waals surface area (Å²) in [6.07, 6.45) is 5.79. The predicted molar refractivity (Wildman–Crippen MR) is 79.9 cm³/mol. The molecule has 112 valence electrons. The van der Waals surface area contributed by atoms with Crippen LogP contribution in [0.1, 0.15) is 31.2 Å². The summed E-state index contributed by atoms with van der Waals surface area (Å²) < 4.78 is 11.8. The molecule has 2 atom stereocenters. The molecule has 1 aromatic heterocycles. The second-order valence-electron chi connectivity index (χ2n) is 5.89. The van der Waals surface area contributed by atoms with Crippen LogP contribution in [0.3, 0.4) is 0 Å². The van der Waals surface area contributed by atoms with Crippen LogP contribution in [-0.4, -0.2) is 48.9 Å². The minimum absolute atomic E-state index is 0.198. The Morgan fingerprint density at radius 3 is 3.35 bits per heavy atom. The smallest absolute Gasteiger partial charge is 0.107 e. The van der Waals surface area contributed by atoms with Gasteiger partial charge < -0.3 is 9.47 Å². The van der Waals surface area contributed by atoms with Crippen molar-refractivity contribution in [2.24, 2.45) is 5.41 Å². The zero-order chi connectivity index (χ0) is 13.8. The SMILES string of the molecule is CCOC[C@@]12CCCO[C@H]1CCN(Cc1nccs1)C2. The van der Waals surface area contributed by atoms with Gasteiger partial charge in [-0.3, -0.25) is 4.90 Å². The van der Waals surface area contributed by atoms with E-state index < -0.39 is 0 Å². The van der Waals surface area contributed by atoms with E-state index in [1.807, 2.05) is 6.20 Å². The Morgan fingerprint density at radius 2 is 2.55 bits per heavy atom. The number of hydrogen-bond acceptors (Lipinski definition) is 5. The lowest BCUT2D eigenvalue weighted by atomic mass is 9.73. The first-order valence-corrected chi connectivity index (χ1v) is 8.50. The van der Waals surface area contributed by atoms with Crippen molar-refractivity contribution in [2.75, 3.05) is 32.9 Å². The molecular weight excluding hydrogens is 272 g/mol. The lowest BCUT2D eigenvalue weighted by molar-refractivity contribution is -0.153. The monoisotopic (exact) mass is 296 g/mol. The zero-order valence-electron chi connectivity index (χ0n) is 12.2. The molecule has 0 amide bonds. The molecule has 20 heavy (non-hydrogen) atoms. The first kappa shape index (κ1) is 14.4. The van der Waals surface area contributed by atoms with E-state index in [1.165, 1.54) is 11.4 Å². The second-order valence-corrected chi connectivity index (χ2v) is 6.87. The van der Waals surface area contributed by atoms with Crippen LogP contribution in [0, 0.1) is 5.41 Å². The highest BCUT2D eigenvalue weighted by Gasteiger charge is 2.46. The number of rotatable bonds is 5. The van der Waals surface area contributed by atoms with Crippen LogP contribution in [0.25, 0.3) is 0 Å². The molecule has 1 aromatic rings. The molecule has 0 aromatic carbocycles. The highest BCUT2D eigenvalue weighted by molar-refractivity contribution is 7.09. The van der Waals surface area contributed by atoms with Gasteiger partial charge in [-0.25, -0.2) is 4.98 Å². The van der Waals surface area contributed by atoms with Gasteiger partial charge in [0.15, 0.2) is 0 Å². The Labute approximate surface area is 125 Å². The van der Waals surface area contributed by atoms with Gasteiger partial charge in [0.05, 0.1) is 19.3 Å². The maximum Gasteiger partial charge on any atom is 0.107 e. The molecule has 0 N–H and O–H groups in total. The van der Waals surface area contributed by atoms with Gasteiger partial charge in [0.1, 0.15) is 5.01 Å². The van der Waals surface area contributed by atoms with Crippen molar-refractivity contribution in [2.45, 2.75) is 38.8 Å². The number of hydrogen-bond donors (Lipinski definition) is 0. The van der Waals surface area contributed by atoms with E-state index in [-0.39, 0.29) is 5.41 Å². The van der Waals surface area contributed by atoms with Crippen molar-refractivity contribution in [3.05, 3.63) is 16.6 Å². The molecule has 0 radical (unpaired) electrons. The minimum Gasteiger partial charge on any atom is -0.381 e. The summed E-state index contributed by atoms with van der Waals surface area (Å²) in [5, 5.41) is 3.27. The molecule has 2 aliphatic heterocycles. The number of thiazole rings is 1. The Kier molecular flexibility index (Phi) is 4.71. The summed E-state index contributed by atoms with van der Waals surface area (Å²) in [5.41, 5.74) is 0.198.